The third-order valence-corrected chi connectivity index (χ3v) is 1.89. The smallest absolute Gasteiger partial charge is 0.329 e. The normalized spacial score (nSPS) is 23.2. The molecule has 1 amide bonds. The molecule has 0 aromatic heterocycles. The molecule has 0 aliphatic carbocycles. The molecule has 1 atom stereocenters. The molecule has 1 aliphatic rings. The van der Waals surface area contributed by atoms with E-state index in [0.717, 1.165) is 6.08 Å². The first-order valence-electron chi connectivity index (χ1n) is 3.94. The third-order valence-electron chi connectivity index (χ3n) is 1.89. The SMILES string of the molecule is CC1=NC(=O)C(CN)C(C(F)(F)F)=C1. The fourth-order valence-corrected chi connectivity index (χ4v) is 1.25. The van der Waals surface area contributed by atoms with Crippen LogP contribution < -0.4 is 5.73 Å². The van der Waals surface area contributed by atoms with Gasteiger partial charge in [0.15, 0.2) is 0 Å². The lowest BCUT2D eigenvalue weighted by molar-refractivity contribution is -0.127. The lowest BCUT2D eigenvalue weighted by Gasteiger charge is -2.21. The maximum atomic E-state index is 12.4. The van der Waals surface area contributed by atoms with Crippen molar-refractivity contribution in [2.75, 3.05) is 6.54 Å². The summed E-state index contributed by atoms with van der Waals surface area (Å²) in [6.07, 6.45) is -3.66. The van der Waals surface area contributed by atoms with Gasteiger partial charge in [-0.15, -0.1) is 0 Å². The monoisotopic (exact) mass is 206 g/mol. The summed E-state index contributed by atoms with van der Waals surface area (Å²) in [7, 11) is 0. The van der Waals surface area contributed by atoms with Crippen molar-refractivity contribution in [3.8, 4) is 0 Å². The Balaban J connectivity index is 3.12. The van der Waals surface area contributed by atoms with Crippen LogP contribution in [0.1, 0.15) is 6.92 Å². The first kappa shape index (κ1) is 10.9. The largest absolute Gasteiger partial charge is 0.413 e. The molecule has 0 aromatic rings. The molecule has 1 unspecified atom stereocenters. The second-order valence-electron chi connectivity index (χ2n) is 2.98. The first-order valence-corrected chi connectivity index (χ1v) is 3.94. The number of rotatable bonds is 1. The van der Waals surface area contributed by atoms with Crippen LogP contribution >= 0.6 is 0 Å². The highest BCUT2D eigenvalue weighted by molar-refractivity contribution is 6.06. The molecule has 1 aliphatic heterocycles. The van der Waals surface area contributed by atoms with E-state index in [1.54, 1.807) is 0 Å². The van der Waals surface area contributed by atoms with E-state index in [9.17, 15) is 18.0 Å². The number of amides is 1. The van der Waals surface area contributed by atoms with Gasteiger partial charge in [-0.1, -0.05) is 0 Å². The molecule has 0 spiro atoms. The number of hydrogen-bond donors (Lipinski definition) is 1. The lowest BCUT2D eigenvalue weighted by atomic mass is 9.94. The number of nitrogens with two attached hydrogens (primary N) is 1. The van der Waals surface area contributed by atoms with Crippen molar-refractivity contribution in [2.24, 2.45) is 16.6 Å². The number of dihydropyridines is 1. The number of aliphatic imine (C=N–C) groups is 1. The highest BCUT2D eigenvalue weighted by Gasteiger charge is 2.42. The van der Waals surface area contributed by atoms with Crippen molar-refractivity contribution >= 4 is 11.6 Å². The van der Waals surface area contributed by atoms with E-state index in [2.05, 4.69) is 4.99 Å². The molecule has 0 bridgehead atoms. The molecule has 78 valence electrons. The van der Waals surface area contributed by atoms with Gasteiger partial charge in [0.1, 0.15) is 0 Å². The molecule has 0 radical (unpaired) electrons. The second-order valence-corrected chi connectivity index (χ2v) is 2.98. The summed E-state index contributed by atoms with van der Waals surface area (Å²) in [5.41, 5.74) is 4.25. The molecule has 1 heterocycles. The summed E-state index contributed by atoms with van der Waals surface area (Å²) in [6, 6.07) is 0. The Morgan fingerprint density at radius 3 is 2.57 bits per heavy atom. The van der Waals surface area contributed by atoms with Gasteiger partial charge in [-0.05, 0) is 13.0 Å². The number of carbonyl (C=O) groups is 1. The van der Waals surface area contributed by atoms with Crippen molar-refractivity contribution < 1.29 is 18.0 Å². The molecule has 0 saturated heterocycles. The van der Waals surface area contributed by atoms with Gasteiger partial charge in [0, 0.05) is 17.8 Å². The Morgan fingerprint density at radius 2 is 2.14 bits per heavy atom. The summed E-state index contributed by atoms with van der Waals surface area (Å²) >= 11 is 0. The minimum absolute atomic E-state index is 0.0621. The van der Waals surface area contributed by atoms with Gasteiger partial charge in [-0.3, -0.25) is 4.79 Å². The Labute approximate surface area is 78.5 Å². The Bertz CT molecular complexity index is 317. The third kappa shape index (κ3) is 2.01. The maximum absolute atomic E-state index is 12.4. The van der Waals surface area contributed by atoms with Crippen molar-refractivity contribution in [1.29, 1.82) is 0 Å². The molecule has 6 heteroatoms. The highest BCUT2D eigenvalue weighted by atomic mass is 19.4. The predicted molar refractivity (Wildman–Crippen MR) is 44.8 cm³/mol. The minimum Gasteiger partial charge on any atom is -0.329 e. The quantitative estimate of drug-likeness (QED) is 0.697. The topological polar surface area (TPSA) is 55.5 Å². The molecule has 0 fully saturated rings. The summed E-state index contributed by atoms with van der Waals surface area (Å²) in [5.74, 6) is -2.17. The molecular formula is C8H9F3N2O. The van der Waals surface area contributed by atoms with Crippen LogP contribution in [0.25, 0.3) is 0 Å². The zero-order valence-electron chi connectivity index (χ0n) is 7.43. The number of nitrogens with zero attached hydrogens (tertiary/aromatic N) is 1. The fraction of sp³-hybridized carbons (Fsp3) is 0.500. The van der Waals surface area contributed by atoms with Crippen LogP contribution in [0.3, 0.4) is 0 Å². The zero-order chi connectivity index (χ0) is 10.9. The van der Waals surface area contributed by atoms with E-state index in [0.29, 0.717) is 0 Å². The number of allylic oxidation sites excluding steroid dienone is 1. The van der Waals surface area contributed by atoms with Crippen LogP contribution in [0.2, 0.25) is 0 Å². The van der Waals surface area contributed by atoms with Gasteiger partial charge in [0.2, 0.25) is 0 Å². The van der Waals surface area contributed by atoms with Crippen LogP contribution in [0.15, 0.2) is 16.6 Å². The standard InChI is InChI=1S/C8H9F3N2O/c1-4-2-6(8(9,10)11)5(3-12)7(14)13-4/h2,5H,3,12H2,1H3. The van der Waals surface area contributed by atoms with Crippen LogP contribution in [0.5, 0.6) is 0 Å². The van der Waals surface area contributed by atoms with Crippen LogP contribution in [0.4, 0.5) is 13.2 Å². The van der Waals surface area contributed by atoms with E-state index in [4.69, 9.17) is 5.73 Å². The van der Waals surface area contributed by atoms with Gasteiger partial charge in [-0.25, -0.2) is 4.99 Å². The number of carbonyl (C=O) groups excluding carboxylic acids is 1. The predicted octanol–water partition coefficient (Wildman–Crippen LogP) is 1.05. The zero-order valence-corrected chi connectivity index (χ0v) is 7.43. The molecule has 14 heavy (non-hydrogen) atoms. The van der Waals surface area contributed by atoms with E-state index in [1.807, 2.05) is 0 Å². The van der Waals surface area contributed by atoms with Crippen LogP contribution in [-0.2, 0) is 4.79 Å². The highest BCUT2D eigenvalue weighted by Crippen LogP contribution is 2.33. The Kier molecular flexibility index (Phi) is 2.75. The molecular weight excluding hydrogens is 197 g/mol. The minimum atomic E-state index is -4.52. The molecule has 2 N–H and O–H groups in total. The molecule has 0 aromatic carbocycles. The van der Waals surface area contributed by atoms with E-state index in [1.165, 1.54) is 6.92 Å². The summed E-state index contributed by atoms with van der Waals surface area (Å²) in [6.45, 7) is 0.970. The van der Waals surface area contributed by atoms with Crippen molar-refractivity contribution in [2.45, 2.75) is 13.1 Å². The molecule has 0 saturated carbocycles. The van der Waals surface area contributed by atoms with Gasteiger partial charge < -0.3 is 5.73 Å². The van der Waals surface area contributed by atoms with E-state index < -0.39 is 23.6 Å². The van der Waals surface area contributed by atoms with E-state index >= 15 is 0 Å². The first-order chi connectivity index (χ1) is 6.36. The van der Waals surface area contributed by atoms with Crippen molar-refractivity contribution in [3.63, 3.8) is 0 Å². The molecule has 3 nitrogen and oxygen atoms in total. The average molecular weight is 206 g/mol. The lowest BCUT2D eigenvalue weighted by Crippen LogP contribution is -2.34. The van der Waals surface area contributed by atoms with Gasteiger partial charge in [0.25, 0.3) is 5.91 Å². The Hall–Kier alpha value is -1.17. The van der Waals surface area contributed by atoms with Gasteiger partial charge in [-0.2, -0.15) is 13.2 Å². The van der Waals surface area contributed by atoms with Gasteiger partial charge in [0.05, 0.1) is 5.92 Å². The number of halogens is 3. The average Bonchev–Trinajstić information content (AvgIpc) is 2.01. The summed E-state index contributed by atoms with van der Waals surface area (Å²) in [5, 5.41) is 0. The van der Waals surface area contributed by atoms with Crippen molar-refractivity contribution in [3.05, 3.63) is 11.6 Å². The molecule has 1 rings (SSSR count). The fourth-order valence-electron chi connectivity index (χ4n) is 1.25. The second kappa shape index (κ2) is 3.53. The Morgan fingerprint density at radius 1 is 1.57 bits per heavy atom. The number of alkyl halides is 3. The summed E-state index contributed by atoms with van der Waals surface area (Å²) in [4.78, 5) is 14.5. The number of hydrogen-bond acceptors (Lipinski definition) is 2. The van der Waals surface area contributed by atoms with E-state index in [-0.39, 0.29) is 12.3 Å². The summed E-state index contributed by atoms with van der Waals surface area (Å²) < 4.78 is 37.2. The maximum Gasteiger partial charge on any atom is 0.413 e. The van der Waals surface area contributed by atoms with Crippen molar-refractivity contribution in [1.82, 2.24) is 0 Å². The van der Waals surface area contributed by atoms with Crippen LogP contribution in [0, 0.1) is 5.92 Å². The van der Waals surface area contributed by atoms with Gasteiger partial charge >= 0.3 is 6.18 Å². The van der Waals surface area contributed by atoms with Crippen LogP contribution in [-0.4, -0.2) is 24.3 Å².